The number of thiophene rings is 1. The van der Waals surface area contributed by atoms with E-state index in [0.29, 0.717) is 27.5 Å². The van der Waals surface area contributed by atoms with Gasteiger partial charge in [-0.05, 0) is 62.5 Å². The van der Waals surface area contributed by atoms with Gasteiger partial charge in [-0.15, -0.1) is 21.5 Å². The van der Waals surface area contributed by atoms with Gasteiger partial charge in [0.15, 0.2) is 0 Å². The average molecular weight is 515 g/mol. The zero-order valence-electron chi connectivity index (χ0n) is 20.3. The summed E-state index contributed by atoms with van der Waals surface area (Å²) in [6, 6.07) is 1.93. The summed E-state index contributed by atoms with van der Waals surface area (Å²) in [5.41, 5.74) is 8.10. The van der Waals surface area contributed by atoms with Gasteiger partial charge in [-0.1, -0.05) is 25.2 Å². The van der Waals surface area contributed by atoms with Crippen LogP contribution in [0.5, 0.6) is 5.88 Å². The number of nitrogens with two attached hydrogens (primary N) is 1. The Labute approximate surface area is 211 Å². The highest BCUT2D eigenvalue weighted by atomic mass is 32.1. The van der Waals surface area contributed by atoms with E-state index in [-0.39, 0.29) is 23.5 Å². The Kier molecular flexibility index (Phi) is 6.16. The van der Waals surface area contributed by atoms with Gasteiger partial charge < -0.3 is 21.1 Å². The molecule has 3 aromatic heterocycles. The minimum absolute atomic E-state index is 0.00695. The zero-order valence-corrected chi connectivity index (χ0v) is 21.9. The van der Waals surface area contributed by atoms with E-state index in [4.69, 9.17) is 10.5 Å². The van der Waals surface area contributed by atoms with E-state index < -0.39 is 5.91 Å². The van der Waals surface area contributed by atoms with Crippen molar-refractivity contribution in [3.63, 3.8) is 0 Å². The molecule has 0 radical (unpaired) electrons. The standard InChI is InChI=1S/C24H30N6O3S2/c1-11(2)10-26-23-30-29-22(35-23)20(32)27-14-6-24(7-14)8-15(9-24)33-21-16(19(25)31)5-17-18(28-21)12(3)13(4)34-17/h5,11,14-15H,6-10H2,1-4H3,(H2,25,31)(H,26,30)(H,27,32)/t14-,15-,24?. The van der Waals surface area contributed by atoms with Crippen molar-refractivity contribution in [2.24, 2.45) is 17.1 Å². The summed E-state index contributed by atoms with van der Waals surface area (Å²) in [4.78, 5) is 30.4. The molecule has 4 N–H and O–H groups in total. The van der Waals surface area contributed by atoms with Crippen molar-refractivity contribution in [3.05, 3.63) is 27.1 Å². The maximum Gasteiger partial charge on any atom is 0.282 e. The molecule has 5 rings (SSSR count). The van der Waals surface area contributed by atoms with E-state index in [1.54, 1.807) is 17.4 Å². The first-order valence-electron chi connectivity index (χ1n) is 11.9. The van der Waals surface area contributed by atoms with Crippen LogP contribution in [0.2, 0.25) is 0 Å². The maximum absolute atomic E-state index is 12.6. The lowest BCUT2D eigenvalue weighted by Crippen LogP contribution is -2.58. The van der Waals surface area contributed by atoms with Crippen LogP contribution in [0.25, 0.3) is 10.2 Å². The molecule has 0 saturated heterocycles. The number of fused-ring (bicyclic) bond motifs is 1. The molecular weight excluding hydrogens is 484 g/mol. The van der Waals surface area contributed by atoms with Gasteiger partial charge in [0.1, 0.15) is 11.7 Å². The fourth-order valence-electron chi connectivity index (χ4n) is 4.99. The maximum atomic E-state index is 12.6. The van der Waals surface area contributed by atoms with Gasteiger partial charge in [-0.2, -0.15) is 0 Å². The predicted molar refractivity (Wildman–Crippen MR) is 137 cm³/mol. The number of pyridine rings is 1. The first-order valence-corrected chi connectivity index (χ1v) is 13.5. The molecule has 2 aliphatic rings. The van der Waals surface area contributed by atoms with Crippen LogP contribution in [0.3, 0.4) is 0 Å². The summed E-state index contributed by atoms with van der Waals surface area (Å²) in [6.07, 6.45) is 3.57. The van der Waals surface area contributed by atoms with Crippen molar-refractivity contribution < 1.29 is 14.3 Å². The number of rotatable bonds is 8. The normalized spacial score (nSPS) is 23.2. The van der Waals surface area contributed by atoms with Crippen LogP contribution < -0.4 is 21.1 Å². The molecule has 186 valence electrons. The third kappa shape index (κ3) is 4.71. The molecule has 0 aromatic carbocycles. The summed E-state index contributed by atoms with van der Waals surface area (Å²) in [5.74, 6) is 0.116. The molecular formula is C24H30N6O3S2. The van der Waals surface area contributed by atoms with Crippen LogP contribution in [-0.4, -0.2) is 45.7 Å². The molecule has 35 heavy (non-hydrogen) atoms. The minimum Gasteiger partial charge on any atom is -0.474 e. The zero-order chi connectivity index (χ0) is 24.9. The van der Waals surface area contributed by atoms with Crippen molar-refractivity contribution >= 4 is 49.8 Å². The Morgan fingerprint density at radius 2 is 1.94 bits per heavy atom. The molecule has 0 aliphatic heterocycles. The Bertz CT molecular complexity index is 1290. The molecule has 2 saturated carbocycles. The fourth-order valence-corrected chi connectivity index (χ4v) is 6.70. The Balaban J connectivity index is 1.14. The number of amides is 2. The fraction of sp³-hybridized carbons (Fsp3) is 0.542. The van der Waals surface area contributed by atoms with Crippen molar-refractivity contribution in [3.8, 4) is 5.88 Å². The van der Waals surface area contributed by atoms with Gasteiger partial charge in [-0.3, -0.25) is 9.59 Å². The third-order valence-electron chi connectivity index (χ3n) is 6.94. The molecule has 0 atom stereocenters. The van der Waals surface area contributed by atoms with E-state index in [1.165, 1.54) is 16.2 Å². The van der Waals surface area contributed by atoms with E-state index >= 15 is 0 Å². The Morgan fingerprint density at radius 3 is 2.63 bits per heavy atom. The molecule has 2 amide bonds. The quantitative estimate of drug-likeness (QED) is 0.413. The average Bonchev–Trinajstić information content (AvgIpc) is 3.33. The largest absolute Gasteiger partial charge is 0.474 e. The number of anilines is 1. The third-order valence-corrected chi connectivity index (χ3v) is 8.96. The summed E-state index contributed by atoms with van der Waals surface area (Å²) in [7, 11) is 0. The van der Waals surface area contributed by atoms with Crippen LogP contribution in [0.1, 0.15) is 70.1 Å². The molecule has 3 aromatic rings. The number of primary amides is 1. The van der Waals surface area contributed by atoms with E-state index in [9.17, 15) is 9.59 Å². The molecule has 2 fully saturated rings. The van der Waals surface area contributed by atoms with Crippen LogP contribution >= 0.6 is 22.7 Å². The first kappa shape index (κ1) is 23.9. The van der Waals surface area contributed by atoms with E-state index in [0.717, 1.165) is 48.0 Å². The molecule has 3 heterocycles. The molecule has 1 spiro atoms. The number of ether oxygens (including phenoxy) is 1. The minimum atomic E-state index is -0.530. The SMILES string of the molecule is Cc1sc2cc(C(N)=O)c(O[C@H]3CC4(C[C@H](NC(=O)c5nnc(NCC(C)C)s5)C4)C3)nc2c1C. The smallest absolute Gasteiger partial charge is 0.282 e. The Morgan fingerprint density at radius 1 is 1.20 bits per heavy atom. The highest BCUT2D eigenvalue weighted by Gasteiger charge is 2.54. The Hall–Kier alpha value is -2.79. The van der Waals surface area contributed by atoms with Gasteiger partial charge in [-0.25, -0.2) is 4.98 Å². The molecule has 0 bridgehead atoms. The van der Waals surface area contributed by atoms with Crippen LogP contribution in [-0.2, 0) is 0 Å². The van der Waals surface area contributed by atoms with Gasteiger partial charge in [0.2, 0.25) is 16.0 Å². The van der Waals surface area contributed by atoms with Crippen molar-refractivity contribution in [2.75, 3.05) is 11.9 Å². The lowest BCUT2D eigenvalue weighted by molar-refractivity contribution is -0.0847. The summed E-state index contributed by atoms with van der Waals surface area (Å²) < 4.78 is 7.10. The highest BCUT2D eigenvalue weighted by Crippen LogP contribution is 2.57. The van der Waals surface area contributed by atoms with Gasteiger partial charge in [0.25, 0.3) is 11.8 Å². The summed E-state index contributed by atoms with van der Waals surface area (Å²) >= 11 is 2.88. The van der Waals surface area contributed by atoms with Crippen molar-refractivity contribution in [1.82, 2.24) is 20.5 Å². The second kappa shape index (κ2) is 9.02. The number of aryl methyl sites for hydroxylation is 2. The summed E-state index contributed by atoms with van der Waals surface area (Å²) in [6.45, 7) is 9.09. The monoisotopic (exact) mass is 514 g/mol. The number of carbonyl (C=O) groups is 2. The number of aromatic nitrogens is 3. The van der Waals surface area contributed by atoms with Gasteiger partial charge in [0.05, 0.1) is 10.2 Å². The molecule has 2 aliphatic carbocycles. The lowest BCUT2D eigenvalue weighted by atomic mass is 9.53. The van der Waals surface area contributed by atoms with Crippen molar-refractivity contribution in [2.45, 2.75) is 65.5 Å². The van der Waals surface area contributed by atoms with Gasteiger partial charge in [0, 0.05) is 17.5 Å². The molecule has 9 nitrogen and oxygen atoms in total. The number of carbonyl (C=O) groups excluding carboxylic acids is 2. The van der Waals surface area contributed by atoms with Crippen LogP contribution in [0, 0.1) is 25.2 Å². The van der Waals surface area contributed by atoms with Crippen LogP contribution in [0.15, 0.2) is 6.07 Å². The summed E-state index contributed by atoms with van der Waals surface area (Å²) in [5, 5.41) is 15.4. The van der Waals surface area contributed by atoms with E-state index in [1.807, 2.05) is 13.8 Å². The van der Waals surface area contributed by atoms with Gasteiger partial charge >= 0.3 is 0 Å². The molecule has 0 unspecified atom stereocenters. The predicted octanol–water partition coefficient (Wildman–Crippen LogP) is 4.05. The second-order valence-electron chi connectivity index (χ2n) is 10.2. The lowest BCUT2D eigenvalue weighted by Gasteiger charge is -2.57. The molecule has 11 heteroatoms. The number of nitrogens with one attached hydrogen (secondary N) is 2. The topological polar surface area (TPSA) is 132 Å². The van der Waals surface area contributed by atoms with Crippen LogP contribution in [0.4, 0.5) is 5.13 Å². The number of hydrogen-bond donors (Lipinski definition) is 3. The number of hydrogen-bond acceptors (Lipinski definition) is 9. The second-order valence-corrected chi connectivity index (χ2v) is 12.5. The first-order chi connectivity index (χ1) is 16.6. The highest BCUT2D eigenvalue weighted by molar-refractivity contribution is 7.19. The van der Waals surface area contributed by atoms with E-state index in [2.05, 4.69) is 39.7 Å². The number of nitrogens with zero attached hydrogens (tertiary/aromatic N) is 3. The van der Waals surface area contributed by atoms with Crippen molar-refractivity contribution in [1.29, 1.82) is 0 Å².